The minimum Gasteiger partial charge on any atom is -0.349 e. The van der Waals surface area contributed by atoms with Gasteiger partial charge >= 0.3 is 0 Å². The fraction of sp³-hybridized carbons (Fsp3) is 0.391. The largest absolute Gasteiger partial charge is 0.349 e. The minimum absolute atomic E-state index is 0.0456. The molecule has 7 nitrogen and oxygen atoms in total. The Bertz CT molecular complexity index is 1080. The first-order chi connectivity index (χ1) is 14.4. The van der Waals surface area contributed by atoms with Crippen LogP contribution in [-0.4, -0.2) is 31.8 Å². The fourth-order valence-electron chi connectivity index (χ4n) is 3.02. The fourth-order valence-corrected chi connectivity index (χ4v) is 4.47. The monoisotopic (exact) mass is 443 g/mol. The van der Waals surface area contributed by atoms with E-state index in [2.05, 4.69) is 15.4 Å². The third kappa shape index (κ3) is 6.38. The zero-order chi connectivity index (χ0) is 22.8. The number of amides is 2. The Hall–Kier alpha value is -2.71. The predicted octanol–water partition coefficient (Wildman–Crippen LogP) is 2.89. The van der Waals surface area contributed by atoms with Crippen molar-refractivity contribution in [1.29, 1.82) is 0 Å². The molecule has 0 atom stereocenters. The minimum atomic E-state index is -3.74. The van der Waals surface area contributed by atoms with E-state index < -0.39 is 15.6 Å². The van der Waals surface area contributed by atoms with Gasteiger partial charge in [0.15, 0.2) is 0 Å². The number of hydrogen-bond acceptors (Lipinski definition) is 4. The maximum Gasteiger partial charge on any atom is 0.251 e. The summed E-state index contributed by atoms with van der Waals surface area (Å²) in [5.74, 6) is -0.448. The highest BCUT2D eigenvalue weighted by Gasteiger charge is 2.24. The average molecular weight is 444 g/mol. The molecule has 0 heterocycles. The van der Waals surface area contributed by atoms with Gasteiger partial charge in [0.05, 0.1) is 4.90 Å². The number of nitrogens with one attached hydrogen (secondary N) is 3. The molecule has 0 radical (unpaired) electrons. The molecule has 0 aromatic heterocycles. The van der Waals surface area contributed by atoms with E-state index in [1.54, 1.807) is 58.0 Å². The summed E-state index contributed by atoms with van der Waals surface area (Å²) >= 11 is 0. The topological polar surface area (TPSA) is 104 Å². The molecule has 0 bridgehead atoms. The molecule has 3 N–H and O–H groups in total. The van der Waals surface area contributed by atoms with E-state index in [-0.39, 0.29) is 23.3 Å². The highest BCUT2D eigenvalue weighted by atomic mass is 32.2. The first kappa shape index (κ1) is 23.0. The average Bonchev–Trinajstić information content (AvgIpc) is 3.48. The summed E-state index contributed by atoms with van der Waals surface area (Å²) in [4.78, 5) is 24.8. The van der Waals surface area contributed by atoms with Gasteiger partial charge in [0.2, 0.25) is 10.0 Å². The number of rotatable bonds is 7. The lowest BCUT2D eigenvalue weighted by molar-refractivity contribution is 0.0941. The number of benzene rings is 2. The number of carbonyl (C=O) groups is 2. The lowest BCUT2D eigenvalue weighted by atomic mass is 10.1. The molecule has 2 aromatic rings. The Labute approximate surface area is 183 Å². The van der Waals surface area contributed by atoms with Crippen LogP contribution in [0.5, 0.6) is 0 Å². The second-order valence-electron chi connectivity index (χ2n) is 8.96. The van der Waals surface area contributed by atoms with Gasteiger partial charge in [-0.05, 0) is 75.9 Å². The molecule has 3 rings (SSSR count). The SMILES string of the molecule is Cc1ccc(S(=O)(=O)NC(C)(C)C)cc1C(=O)NCc1ccc(C(=O)NC2CC2)cc1. The molecule has 1 saturated carbocycles. The van der Waals surface area contributed by atoms with Crippen LogP contribution in [0.2, 0.25) is 0 Å². The molecule has 31 heavy (non-hydrogen) atoms. The lowest BCUT2D eigenvalue weighted by Crippen LogP contribution is -2.40. The van der Waals surface area contributed by atoms with Crippen LogP contribution in [0.1, 0.15) is 65.5 Å². The van der Waals surface area contributed by atoms with Crippen LogP contribution in [0.4, 0.5) is 0 Å². The van der Waals surface area contributed by atoms with Gasteiger partial charge in [0, 0.05) is 29.3 Å². The molecular formula is C23H29N3O4S. The van der Waals surface area contributed by atoms with E-state index in [0.717, 1.165) is 18.4 Å². The first-order valence-corrected chi connectivity index (χ1v) is 11.8. The Balaban J connectivity index is 1.67. The van der Waals surface area contributed by atoms with Gasteiger partial charge in [-0.25, -0.2) is 13.1 Å². The molecule has 0 spiro atoms. The van der Waals surface area contributed by atoms with Gasteiger partial charge in [-0.3, -0.25) is 9.59 Å². The van der Waals surface area contributed by atoms with Crippen molar-refractivity contribution in [2.75, 3.05) is 0 Å². The molecular weight excluding hydrogens is 414 g/mol. The molecule has 166 valence electrons. The second-order valence-corrected chi connectivity index (χ2v) is 10.6. The van der Waals surface area contributed by atoms with Crippen LogP contribution in [0.3, 0.4) is 0 Å². The van der Waals surface area contributed by atoms with Gasteiger partial charge in [0.1, 0.15) is 0 Å². The van der Waals surface area contributed by atoms with Crippen molar-refractivity contribution in [2.24, 2.45) is 0 Å². The van der Waals surface area contributed by atoms with Crippen molar-refractivity contribution in [3.8, 4) is 0 Å². The van der Waals surface area contributed by atoms with Crippen molar-refractivity contribution in [1.82, 2.24) is 15.4 Å². The van der Waals surface area contributed by atoms with Crippen molar-refractivity contribution in [3.63, 3.8) is 0 Å². The van der Waals surface area contributed by atoms with Crippen LogP contribution in [0, 0.1) is 6.92 Å². The summed E-state index contributed by atoms with van der Waals surface area (Å²) in [5, 5.41) is 5.76. The van der Waals surface area contributed by atoms with Gasteiger partial charge in [-0.1, -0.05) is 18.2 Å². The highest BCUT2D eigenvalue weighted by molar-refractivity contribution is 7.89. The molecule has 0 unspecified atom stereocenters. The van der Waals surface area contributed by atoms with Crippen LogP contribution in [-0.2, 0) is 16.6 Å². The van der Waals surface area contributed by atoms with Crippen molar-refractivity contribution in [2.45, 2.75) is 63.6 Å². The zero-order valence-electron chi connectivity index (χ0n) is 18.3. The van der Waals surface area contributed by atoms with Gasteiger partial charge in [-0.2, -0.15) is 0 Å². The first-order valence-electron chi connectivity index (χ1n) is 10.3. The normalized spacial score (nSPS) is 14.2. The second kappa shape index (κ2) is 8.80. The van der Waals surface area contributed by atoms with Gasteiger partial charge < -0.3 is 10.6 Å². The standard InChI is InChI=1S/C23H29N3O4S/c1-15-5-12-19(31(29,30)26-23(2,3)4)13-20(15)22(28)24-14-16-6-8-17(9-7-16)21(27)25-18-10-11-18/h5-9,12-13,18,26H,10-11,14H2,1-4H3,(H,24,28)(H,25,27). The number of aryl methyl sites for hydroxylation is 1. The van der Waals surface area contributed by atoms with E-state index in [1.165, 1.54) is 12.1 Å². The lowest BCUT2D eigenvalue weighted by Gasteiger charge is -2.20. The summed E-state index contributed by atoms with van der Waals surface area (Å²) in [6, 6.07) is 11.9. The molecule has 0 saturated heterocycles. The quantitative estimate of drug-likeness (QED) is 0.612. The van der Waals surface area contributed by atoms with E-state index in [4.69, 9.17) is 0 Å². The maximum absolute atomic E-state index is 12.7. The molecule has 2 aromatic carbocycles. The third-order valence-corrected chi connectivity index (χ3v) is 6.54. The van der Waals surface area contributed by atoms with E-state index >= 15 is 0 Å². The van der Waals surface area contributed by atoms with Crippen molar-refractivity contribution >= 4 is 21.8 Å². The Morgan fingerprint density at radius 2 is 1.65 bits per heavy atom. The smallest absolute Gasteiger partial charge is 0.251 e. The summed E-state index contributed by atoms with van der Waals surface area (Å²) in [6.45, 7) is 7.30. The van der Waals surface area contributed by atoms with E-state index in [9.17, 15) is 18.0 Å². The third-order valence-electron chi connectivity index (χ3n) is 4.79. The summed E-state index contributed by atoms with van der Waals surface area (Å²) < 4.78 is 27.8. The van der Waals surface area contributed by atoms with Crippen molar-refractivity contribution in [3.05, 3.63) is 64.7 Å². The van der Waals surface area contributed by atoms with Crippen LogP contribution in [0.15, 0.2) is 47.4 Å². The molecule has 1 fully saturated rings. The van der Waals surface area contributed by atoms with Gasteiger partial charge in [-0.15, -0.1) is 0 Å². The van der Waals surface area contributed by atoms with Crippen LogP contribution in [0.25, 0.3) is 0 Å². The van der Waals surface area contributed by atoms with Crippen LogP contribution < -0.4 is 15.4 Å². The Kier molecular flexibility index (Phi) is 6.52. The summed E-state index contributed by atoms with van der Waals surface area (Å²) in [5.41, 5.74) is 1.78. The molecule has 1 aliphatic rings. The van der Waals surface area contributed by atoms with E-state index in [1.807, 2.05) is 0 Å². The van der Waals surface area contributed by atoms with Crippen molar-refractivity contribution < 1.29 is 18.0 Å². The van der Waals surface area contributed by atoms with Crippen LogP contribution >= 0.6 is 0 Å². The highest BCUT2D eigenvalue weighted by Crippen LogP contribution is 2.20. The summed E-state index contributed by atoms with van der Waals surface area (Å²) in [6.07, 6.45) is 2.06. The molecule has 1 aliphatic carbocycles. The molecule has 8 heteroatoms. The number of hydrogen-bond donors (Lipinski definition) is 3. The van der Waals surface area contributed by atoms with E-state index in [0.29, 0.717) is 22.7 Å². The van der Waals surface area contributed by atoms with Gasteiger partial charge in [0.25, 0.3) is 11.8 Å². The number of sulfonamides is 1. The molecule has 0 aliphatic heterocycles. The predicted molar refractivity (Wildman–Crippen MR) is 119 cm³/mol. The zero-order valence-corrected chi connectivity index (χ0v) is 19.1. The molecule has 2 amide bonds. The maximum atomic E-state index is 12.7. The Morgan fingerprint density at radius 3 is 2.23 bits per heavy atom. The Morgan fingerprint density at radius 1 is 1.00 bits per heavy atom. The summed E-state index contributed by atoms with van der Waals surface area (Å²) in [7, 11) is -3.74. The number of carbonyl (C=O) groups excluding carboxylic acids is 2.